The summed E-state index contributed by atoms with van der Waals surface area (Å²) in [5.41, 5.74) is 0.850. The minimum Gasteiger partial charge on any atom is -0.496 e. The normalized spacial score (nSPS) is 10.9. The van der Waals surface area contributed by atoms with E-state index in [1.54, 1.807) is 7.11 Å². The molecule has 2 heterocycles. The van der Waals surface area contributed by atoms with Crippen molar-refractivity contribution in [3.63, 3.8) is 0 Å². The molecule has 0 N–H and O–H groups in total. The minimum atomic E-state index is 0.478. The number of methoxy groups -OCH3 is 1. The molecule has 0 aliphatic carbocycles. The maximum Gasteiger partial charge on any atom is 0.171 e. The van der Waals surface area contributed by atoms with E-state index in [1.165, 1.54) is 11.3 Å². The molecular formula is C13H8ClIN2OS. The third kappa shape index (κ3) is 2.54. The van der Waals surface area contributed by atoms with Crippen LogP contribution in [0.25, 0.3) is 21.6 Å². The van der Waals surface area contributed by atoms with Crippen molar-refractivity contribution in [1.82, 2.24) is 9.97 Å². The van der Waals surface area contributed by atoms with Crippen LogP contribution in [0.4, 0.5) is 0 Å². The number of fused-ring (bicyclic) bond motifs is 1. The van der Waals surface area contributed by atoms with E-state index >= 15 is 0 Å². The van der Waals surface area contributed by atoms with Crippen LogP contribution in [0.5, 0.6) is 5.75 Å². The van der Waals surface area contributed by atoms with Crippen molar-refractivity contribution in [1.29, 1.82) is 0 Å². The largest absolute Gasteiger partial charge is 0.496 e. The summed E-state index contributed by atoms with van der Waals surface area (Å²) < 4.78 is 6.28. The summed E-state index contributed by atoms with van der Waals surface area (Å²) in [6.45, 7) is 0. The molecule has 0 aliphatic heterocycles. The van der Waals surface area contributed by atoms with Crippen molar-refractivity contribution in [2.75, 3.05) is 7.11 Å². The number of benzene rings is 1. The van der Waals surface area contributed by atoms with Gasteiger partial charge in [-0.25, -0.2) is 9.97 Å². The molecule has 19 heavy (non-hydrogen) atoms. The first-order chi connectivity index (χ1) is 9.17. The van der Waals surface area contributed by atoms with E-state index in [0.29, 0.717) is 11.0 Å². The average molecular weight is 403 g/mol. The fraction of sp³-hybridized carbons (Fsp3) is 0.0769. The van der Waals surface area contributed by atoms with Gasteiger partial charge in [-0.05, 0) is 40.8 Å². The standard InChI is InChI=1S/C13H8ClIN2OS/c1-18-8-5-11(19-6-8)13-16-10-3-2-7(15)4-9(10)12(14)17-13/h2-6H,1H3. The van der Waals surface area contributed by atoms with Gasteiger partial charge in [-0.3, -0.25) is 0 Å². The molecule has 0 spiro atoms. The fourth-order valence-electron chi connectivity index (χ4n) is 1.72. The van der Waals surface area contributed by atoms with Crippen molar-refractivity contribution < 1.29 is 4.74 Å². The Morgan fingerprint density at radius 2 is 2.11 bits per heavy atom. The van der Waals surface area contributed by atoms with Crippen LogP contribution < -0.4 is 4.74 Å². The van der Waals surface area contributed by atoms with Gasteiger partial charge in [0, 0.05) is 20.4 Å². The highest BCUT2D eigenvalue weighted by atomic mass is 127. The summed E-state index contributed by atoms with van der Waals surface area (Å²) in [7, 11) is 1.64. The molecule has 96 valence electrons. The topological polar surface area (TPSA) is 35.0 Å². The number of hydrogen-bond acceptors (Lipinski definition) is 4. The maximum absolute atomic E-state index is 6.24. The molecule has 0 saturated heterocycles. The Hall–Kier alpha value is -0.920. The van der Waals surface area contributed by atoms with E-state index < -0.39 is 0 Å². The van der Waals surface area contributed by atoms with Gasteiger partial charge in [0.2, 0.25) is 0 Å². The third-order valence-electron chi connectivity index (χ3n) is 2.64. The van der Waals surface area contributed by atoms with Gasteiger partial charge in [-0.1, -0.05) is 11.6 Å². The van der Waals surface area contributed by atoms with E-state index in [9.17, 15) is 0 Å². The SMILES string of the molecule is COc1csc(-c2nc(Cl)c3cc(I)ccc3n2)c1. The molecule has 3 aromatic rings. The Kier molecular flexibility index (Phi) is 3.60. The summed E-state index contributed by atoms with van der Waals surface area (Å²) in [5, 5.41) is 3.27. The fourth-order valence-corrected chi connectivity index (χ4v) is 3.23. The van der Waals surface area contributed by atoms with E-state index in [0.717, 1.165) is 25.1 Å². The number of nitrogens with zero attached hydrogens (tertiary/aromatic N) is 2. The predicted octanol–water partition coefficient (Wildman–Crippen LogP) is 4.62. The smallest absolute Gasteiger partial charge is 0.171 e. The van der Waals surface area contributed by atoms with Crippen LogP contribution in [0.1, 0.15) is 0 Å². The second-order valence-electron chi connectivity index (χ2n) is 3.85. The molecule has 1 aromatic carbocycles. The van der Waals surface area contributed by atoms with Crippen LogP contribution in [0.2, 0.25) is 5.15 Å². The van der Waals surface area contributed by atoms with E-state index in [1.807, 2.05) is 29.6 Å². The highest BCUT2D eigenvalue weighted by Crippen LogP contribution is 2.31. The second-order valence-corrected chi connectivity index (χ2v) is 6.37. The summed E-state index contributed by atoms with van der Waals surface area (Å²) in [6.07, 6.45) is 0. The van der Waals surface area contributed by atoms with Gasteiger partial charge in [0.25, 0.3) is 0 Å². The van der Waals surface area contributed by atoms with Gasteiger partial charge in [-0.15, -0.1) is 11.3 Å². The van der Waals surface area contributed by atoms with Gasteiger partial charge in [-0.2, -0.15) is 0 Å². The van der Waals surface area contributed by atoms with Crippen LogP contribution in [-0.4, -0.2) is 17.1 Å². The highest BCUT2D eigenvalue weighted by molar-refractivity contribution is 14.1. The van der Waals surface area contributed by atoms with Crippen molar-refractivity contribution in [3.8, 4) is 16.5 Å². The molecule has 0 bridgehead atoms. The Balaban J connectivity index is 2.17. The number of thiophene rings is 1. The first-order valence-electron chi connectivity index (χ1n) is 5.43. The van der Waals surface area contributed by atoms with Crippen molar-refractivity contribution in [2.24, 2.45) is 0 Å². The first kappa shape index (κ1) is 13.1. The summed E-state index contributed by atoms with van der Waals surface area (Å²) in [4.78, 5) is 9.86. The highest BCUT2D eigenvalue weighted by Gasteiger charge is 2.10. The van der Waals surface area contributed by atoms with Crippen molar-refractivity contribution in [2.45, 2.75) is 0 Å². The molecule has 2 aromatic heterocycles. The number of rotatable bonds is 2. The summed E-state index contributed by atoms with van der Waals surface area (Å²) >= 11 is 10.0. The van der Waals surface area contributed by atoms with Gasteiger partial charge >= 0.3 is 0 Å². The number of halogens is 2. The molecule has 6 heteroatoms. The van der Waals surface area contributed by atoms with E-state index in [-0.39, 0.29) is 0 Å². The maximum atomic E-state index is 6.24. The minimum absolute atomic E-state index is 0.478. The zero-order chi connectivity index (χ0) is 13.4. The Labute approximate surface area is 132 Å². The van der Waals surface area contributed by atoms with Crippen LogP contribution in [0.3, 0.4) is 0 Å². The van der Waals surface area contributed by atoms with Gasteiger partial charge < -0.3 is 4.74 Å². The molecular weight excluding hydrogens is 395 g/mol. The molecule has 0 unspecified atom stereocenters. The van der Waals surface area contributed by atoms with Crippen LogP contribution in [0.15, 0.2) is 29.6 Å². The predicted molar refractivity (Wildman–Crippen MR) is 87.1 cm³/mol. The lowest BCUT2D eigenvalue weighted by atomic mass is 10.2. The second kappa shape index (κ2) is 5.22. The molecule has 0 aliphatic rings. The summed E-state index contributed by atoms with van der Waals surface area (Å²) in [6, 6.07) is 7.86. The zero-order valence-corrected chi connectivity index (χ0v) is 13.6. The lowest BCUT2D eigenvalue weighted by Crippen LogP contribution is -1.90. The lowest BCUT2D eigenvalue weighted by Gasteiger charge is -2.03. The van der Waals surface area contributed by atoms with Gasteiger partial charge in [0.1, 0.15) is 10.9 Å². The third-order valence-corrected chi connectivity index (χ3v) is 4.51. The molecule has 0 amide bonds. The van der Waals surface area contributed by atoms with E-state index in [4.69, 9.17) is 16.3 Å². The lowest BCUT2D eigenvalue weighted by molar-refractivity contribution is 0.417. The van der Waals surface area contributed by atoms with Gasteiger partial charge in [0.15, 0.2) is 5.82 Å². The molecule has 0 fully saturated rings. The Morgan fingerprint density at radius 3 is 2.84 bits per heavy atom. The number of ether oxygens (including phenoxy) is 1. The number of hydrogen-bond donors (Lipinski definition) is 0. The Morgan fingerprint density at radius 1 is 1.26 bits per heavy atom. The van der Waals surface area contributed by atoms with Crippen molar-refractivity contribution >= 4 is 56.4 Å². The quantitative estimate of drug-likeness (QED) is 0.463. The molecule has 3 rings (SSSR count). The van der Waals surface area contributed by atoms with Gasteiger partial charge in [0.05, 0.1) is 17.5 Å². The first-order valence-corrected chi connectivity index (χ1v) is 7.77. The molecule has 0 saturated carbocycles. The van der Waals surface area contributed by atoms with Crippen LogP contribution in [-0.2, 0) is 0 Å². The zero-order valence-electron chi connectivity index (χ0n) is 9.85. The van der Waals surface area contributed by atoms with Crippen LogP contribution >= 0.6 is 45.5 Å². The summed E-state index contributed by atoms with van der Waals surface area (Å²) in [5.74, 6) is 1.44. The molecule has 0 atom stereocenters. The molecule has 3 nitrogen and oxygen atoms in total. The number of aromatic nitrogens is 2. The average Bonchev–Trinajstić information content (AvgIpc) is 2.88. The molecule has 0 radical (unpaired) electrons. The van der Waals surface area contributed by atoms with Crippen LogP contribution in [0, 0.1) is 3.57 Å². The Bertz CT molecular complexity index is 759. The van der Waals surface area contributed by atoms with E-state index in [2.05, 4.69) is 32.6 Å². The van der Waals surface area contributed by atoms with Crippen molar-refractivity contribution in [3.05, 3.63) is 38.4 Å². The monoisotopic (exact) mass is 402 g/mol.